The molecule has 0 unspecified atom stereocenters. The van der Waals surface area contributed by atoms with Crippen molar-refractivity contribution in [1.82, 2.24) is 19.6 Å². The van der Waals surface area contributed by atoms with Gasteiger partial charge in [-0.1, -0.05) is 12.1 Å². The molecule has 2 aromatic heterocycles. The summed E-state index contributed by atoms with van der Waals surface area (Å²) in [7, 11) is 0. The molecule has 24 heavy (non-hydrogen) atoms. The van der Waals surface area contributed by atoms with Gasteiger partial charge in [0.1, 0.15) is 5.03 Å². The topological polar surface area (TPSA) is 63.3 Å². The summed E-state index contributed by atoms with van der Waals surface area (Å²) >= 11 is 1.37. The molecule has 1 aliphatic rings. The van der Waals surface area contributed by atoms with E-state index >= 15 is 0 Å². The van der Waals surface area contributed by atoms with Gasteiger partial charge in [0.2, 0.25) is 5.82 Å². The van der Waals surface area contributed by atoms with Crippen LogP contribution in [-0.4, -0.2) is 37.0 Å². The van der Waals surface area contributed by atoms with Gasteiger partial charge in [-0.3, -0.25) is 4.40 Å². The Morgan fingerprint density at radius 1 is 1.21 bits per heavy atom. The smallest absolute Gasteiger partial charge is 0.396 e. The van der Waals surface area contributed by atoms with Gasteiger partial charge >= 0.3 is 6.18 Å². The Bertz CT molecular complexity index is 911. The molecular formula is C15H13F3N4OS. The summed E-state index contributed by atoms with van der Waals surface area (Å²) in [5.74, 6) is 0.314. The molecule has 4 rings (SSSR count). The number of fused-ring (bicyclic) bond motifs is 3. The second-order valence-electron chi connectivity index (χ2n) is 5.84. The zero-order valence-electron chi connectivity index (χ0n) is 12.4. The number of hydrogen-bond acceptors (Lipinski definition) is 5. The van der Waals surface area contributed by atoms with E-state index in [1.165, 1.54) is 11.8 Å². The Kier molecular flexibility index (Phi) is 3.65. The van der Waals surface area contributed by atoms with Crippen LogP contribution in [0.15, 0.2) is 29.3 Å². The second-order valence-corrected chi connectivity index (χ2v) is 6.84. The Morgan fingerprint density at radius 2 is 2.00 bits per heavy atom. The van der Waals surface area contributed by atoms with E-state index in [0.29, 0.717) is 27.7 Å². The molecule has 0 bridgehead atoms. The first-order chi connectivity index (χ1) is 11.5. The van der Waals surface area contributed by atoms with Crippen molar-refractivity contribution in [3.05, 3.63) is 30.1 Å². The maximum Gasteiger partial charge on any atom is 0.452 e. The van der Waals surface area contributed by atoms with E-state index in [-0.39, 0.29) is 18.2 Å². The van der Waals surface area contributed by atoms with Crippen molar-refractivity contribution >= 4 is 28.4 Å². The van der Waals surface area contributed by atoms with E-state index < -0.39 is 12.0 Å². The van der Waals surface area contributed by atoms with Crippen molar-refractivity contribution in [1.29, 1.82) is 0 Å². The first-order valence-electron chi connectivity index (χ1n) is 7.43. The van der Waals surface area contributed by atoms with Gasteiger partial charge in [-0.2, -0.15) is 13.2 Å². The van der Waals surface area contributed by atoms with Crippen molar-refractivity contribution in [3.8, 4) is 0 Å². The molecule has 0 spiro atoms. The number of aliphatic hydroxyl groups excluding tert-OH is 1. The fraction of sp³-hybridized carbons (Fsp3) is 0.400. The molecule has 1 aliphatic carbocycles. The minimum absolute atomic E-state index is 0.118. The minimum Gasteiger partial charge on any atom is -0.396 e. The second kappa shape index (κ2) is 5.59. The normalized spacial score (nSPS) is 20.8. The van der Waals surface area contributed by atoms with Gasteiger partial charge in [0, 0.05) is 12.4 Å². The first kappa shape index (κ1) is 15.6. The number of hydrogen-bond donors (Lipinski definition) is 1. The number of para-hydroxylation sites is 2. The summed E-state index contributed by atoms with van der Waals surface area (Å²) in [6.45, 7) is 0.148. The number of benzene rings is 1. The third-order valence-corrected chi connectivity index (χ3v) is 5.33. The summed E-state index contributed by atoms with van der Waals surface area (Å²) in [5, 5.41) is 16.6. The number of nitrogens with zero attached hydrogens (tertiary/aromatic N) is 4. The van der Waals surface area contributed by atoms with Crippen LogP contribution in [0, 0.1) is 11.8 Å². The van der Waals surface area contributed by atoms with Gasteiger partial charge in [-0.05, 0) is 30.4 Å². The van der Waals surface area contributed by atoms with Crippen LogP contribution in [0.1, 0.15) is 12.2 Å². The molecular weight excluding hydrogens is 341 g/mol. The molecule has 126 valence electrons. The lowest BCUT2D eigenvalue weighted by Crippen LogP contribution is -2.11. The largest absolute Gasteiger partial charge is 0.452 e. The highest BCUT2D eigenvalue weighted by Crippen LogP contribution is 2.42. The fourth-order valence-corrected chi connectivity index (χ4v) is 3.97. The first-order valence-corrected chi connectivity index (χ1v) is 8.42. The van der Waals surface area contributed by atoms with E-state index in [1.807, 2.05) is 0 Å². The Hall–Kier alpha value is -1.87. The maximum atomic E-state index is 13.3. The lowest BCUT2D eigenvalue weighted by Gasteiger charge is -2.09. The van der Waals surface area contributed by atoms with E-state index in [2.05, 4.69) is 15.2 Å². The molecule has 0 amide bonds. The average Bonchev–Trinajstić information content (AvgIpc) is 3.16. The van der Waals surface area contributed by atoms with Crippen molar-refractivity contribution in [2.45, 2.75) is 17.6 Å². The summed E-state index contributed by atoms with van der Waals surface area (Å²) in [6, 6.07) is 6.64. The van der Waals surface area contributed by atoms with Crippen LogP contribution in [0.4, 0.5) is 13.2 Å². The molecule has 1 N–H and O–H groups in total. The van der Waals surface area contributed by atoms with Crippen LogP contribution in [-0.2, 0) is 6.18 Å². The van der Waals surface area contributed by atoms with Gasteiger partial charge < -0.3 is 5.11 Å². The van der Waals surface area contributed by atoms with Gasteiger partial charge in [-0.15, -0.1) is 22.0 Å². The highest BCUT2D eigenvalue weighted by atomic mass is 32.2. The van der Waals surface area contributed by atoms with Gasteiger partial charge in [0.15, 0.2) is 5.65 Å². The highest BCUT2D eigenvalue weighted by Gasteiger charge is 2.39. The molecule has 0 aliphatic heterocycles. The van der Waals surface area contributed by atoms with Crippen molar-refractivity contribution < 1.29 is 18.3 Å². The Labute approximate surface area is 138 Å². The molecule has 5 nitrogen and oxygen atoms in total. The predicted octanol–water partition coefficient (Wildman–Crippen LogP) is 3.02. The zero-order chi connectivity index (χ0) is 16.9. The molecule has 0 saturated heterocycles. The molecule has 1 aromatic carbocycles. The van der Waals surface area contributed by atoms with Gasteiger partial charge in [-0.25, -0.2) is 4.98 Å². The average molecular weight is 354 g/mol. The summed E-state index contributed by atoms with van der Waals surface area (Å²) in [4.78, 5) is 4.46. The van der Waals surface area contributed by atoms with Crippen LogP contribution in [0.5, 0.6) is 0 Å². The van der Waals surface area contributed by atoms with E-state index in [4.69, 9.17) is 5.11 Å². The molecule has 2 atom stereocenters. The predicted molar refractivity (Wildman–Crippen MR) is 82.7 cm³/mol. The molecule has 0 radical (unpaired) electrons. The third kappa shape index (κ3) is 2.61. The quantitative estimate of drug-likeness (QED) is 0.730. The van der Waals surface area contributed by atoms with E-state index in [1.54, 1.807) is 24.3 Å². The maximum absolute atomic E-state index is 13.3. The SMILES string of the molecule is OC[C@@H]1C[C@H]1CSc1nc2ccccc2n2c(C(F)(F)F)nnc12. The zero-order valence-corrected chi connectivity index (χ0v) is 13.2. The summed E-state index contributed by atoms with van der Waals surface area (Å²) in [5.41, 5.74) is 0.911. The summed E-state index contributed by atoms with van der Waals surface area (Å²) < 4.78 is 40.8. The standard InChI is InChI=1S/C15H13F3N4OS/c16-15(17,18)14-21-20-12-13(24-7-9-5-8(9)6-23)19-10-3-1-2-4-11(10)22(12)14/h1-4,8-9,23H,5-7H2/t8-,9-/m0/s1. The molecule has 3 aromatic rings. The van der Waals surface area contributed by atoms with E-state index in [0.717, 1.165) is 10.8 Å². The highest BCUT2D eigenvalue weighted by molar-refractivity contribution is 7.99. The lowest BCUT2D eigenvalue weighted by molar-refractivity contribution is -0.145. The third-order valence-electron chi connectivity index (χ3n) is 4.19. The Morgan fingerprint density at radius 3 is 2.71 bits per heavy atom. The van der Waals surface area contributed by atoms with Crippen LogP contribution >= 0.6 is 11.8 Å². The number of aromatic nitrogens is 4. The number of rotatable bonds is 4. The number of aliphatic hydroxyl groups is 1. The molecule has 9 heteroatoms. The lowest BCUT2D eigenvalue weighted by atomic mass is 10.3. The van der Waals surface area contributed by atoms with Crippen molar-refractivity contribution in [2.24, 2.45) is 11.8 Å². The number of alkyl halides is 3. The number of thioether (sulfide) groups is 1. The molecule has 1 fully saturated rings. The Balaban J connectivity index is 1.82. The van der Waals surface area contributed by atoms with Gasteiger partial charge in [0.05, 0.1) is 11.0 Å². The van der Waals surface area contributed by atoms with Crippen LogP contribution < -0.4 is 0 Å². The van der Waals surface area contributed by atoms with Crippen LogP contribution in [0.3, 0.4) is 0 Å². The van der Waals surface area contributed by atoms with Gasteiger partial charge in [0.25, 0.3) is 0 Å². The summed E-state index contributed by atoms with van der Waals surface area (Å²) in [6.07, 6.45) is -3.65. The van der Waals surface area contributed by atoms with Crippen molar-refractivity contribution in [3.63, 3.8) is 0 Å². The minimum atomic E-state index is -4.59. The van der Waals surface area contributed by atoms with Crippen LogP contribution in [0.25, 0.3) is 16.7 Å². The molecule has 1 saturated carbocycles. The fourth-order valence-electron chi connectivity index (χ4n) is 2.76. The number of halogens is 3. The van der Waals surface area contributed by atoms with Crippen LogP contribution in [0.2, 0.25) is 0 Å². The monoisotopic (exact) mass is 354 g/mol. The van der Waals surface area contributed by atoms with Crippen molar-refractivity contribution in [2.75, 3.05) is 12.4 Å². The molecule has 2 heterocycles. The van der Waals surface area contributed by atoms with E-state index in [9.17, 15) is 13.2 Å².